The Kier molecular flexibility index (Phi) is 7.40. The van der Waals surface area contributed by atoms with Crippen LogP contribution in [0.1, 0.15) is 35.0 Å². The molecular formula is C26H25ClF2N4O3. The summed E-state index contributed by atoms with van der Waals surface area (Å²) in [6.45, 7) is 6.58. The summed E-state index contributed by atoms with van der Waals surface area (Å²) in [6, 6.07) is 7.52. The third-order valence-electron chi connectivity index (χ3n) is 5.88. The molecule has 4 rings (SSSR count). The van der Waals surface area contributed by atoms with Crippen molar-refractivity contribution in [1.82, 2.24) is 14.5 Å². The van der Waals surface area contributed by atoms with Gasteiger partial charge in [0.25, 0.3) is 0 Å². The summed E-state index contributed by atoms with van der Waals surface area (Å²) >= 11 is 6.26. The van der Waals surface area contributed by atoms with E-state index in [0.29, 0.717) is 59.7 Å². The van der Waals surface area contributed by atoms with Gasteiger partial charge in [-0.15, -0.1) is 0 Å². The predicted molar refractivity (Wildman–Crippen MR) is 135 cm³/mol. The molecule has 0 fully saturated rings. The number of hydrogen-bond acceptors (Lipinski definition) is 5. The third kappa shape index (κ3) is 4.97. The molecule has 7 nitrogen and oxygen atoms in total. The number of aromatic carboxylic acids is 1. The molecule has 2 aromatic heterocycles. The van der Waals surface area contributed by atoms with Crippen molar-refractivity contribution >= 4 is 34.3 Å². The molecule has 0 spiro atoms. The number of aromatic nitrogens is 3. The highest BCUT2D eigenvalue weighted by Crippen LogP contribution is 2.33. The summed E-state index contributed by atoms with van der Waals surface area (Å²) in [5.74, 6) is -1.66. The van der Waals surface area contributed by atoms with Crippen LogP contribution in [0.2, 0.25) is 5.02 Å². The van der Waals surface area contributed by atoms with E-state index in [4.69, 9.17) is 16.3 Å². The van der Waals surface area contributed by atoms with Crippen LogP contribution in [0.15, 0.2) is 36.7 Å². The van der Waals surface area contributed by atoms with Gasteiger partial charge in [-0.2, -0.15) is 0 Å². The minimum absolute atomic E-state index is 0.0444. The lowest BCUT2D eigenvalue weighted by Gasteiger charge is -2.13. The van der Waals surface area contributed by atoms with E-state index in [1.807, 2.05) is 13.8 Å². The Morgan fingerprint density at radius 3 is 2.64 bits per heavy atom. The molecule has 0 radical (unpaired) electrons. The lowest BCUT2D eigenvalue weighted by Crippen LogP contribution is -2.13. The zero-order chi connectivity index (χ0) is 26.0. The van der Waals surface area contributed by atoms with Crippen LogP contribution in [0, 0.1) is 25.5 Å². The highest BCUT2D eigenvalue weighted by atomic mass is 35.5. The van der Waals surface area contributed by atoms with Crippen molar-refractivity contribution in [3.63, 3.8) is 0 Å². The van der Waals surface area contributed by atoms with Gasteiger partial charge in [-0.05, 0) is 44.0 Å². The molecule has 0 aliphatic heterocycles. The predicted octanol–water partition coefficient (Wildman–Crippen LogP) is 6.25. The number of carboxylic acids is 1. The van der Waals surface area contributed by atoms with Crippen LogP contribution in [-0.2, 0) is 6.54 Å². The van der Waals surface area contributed by atoms with E-state index >= 15 is 0 Å². The van der Waals surface area contributed by atoms with Crippen molar-refractivity contribution < 1.29 is 23.4 Å². The zero-order valence-corrected chi connectivity index (χ0v) is 20.8. The number of rotatable bonds is 9. The SMILES string of the molecule is CCCOc1cc(-c2cc(NCCn3c(C)cc4c(C)c(F)cc(F)c43)ncn2)cc(Cl)c1C(=O)O. The van der Waals surface area contributed by atoms with Gasteiger partial charge in [0, 0.05) is 41.9 Å². The number of fused-ring (bicyclic) bond motifs is 1. The van der Waals surface area contributed by atoms with Gasteiger partial charge in [0.1, 0.15) is 35.1 Å². The molecule has 0 aliphatic carbocycles. The van der Waals surface area contributed by atoms with Gasteiger partial charge in [0.2, 0.25) is 0 Å². The van der Waals surface area contributed by atoms with Gasteiger partial charge in [0.05, 0.1) is 22.8 Å². The smallest absolute Gasteiger partial charge is 0.341 e. The number of ether oxygens (including phenoxy) is 1. The van der Waals surface area contributed by atoms with E-state index in [1.165, 1.54) is 12.4 Å². The largest absolute Gasteiger partial charge is 0.493 e. The molecule has 188 valence electrons. The molecule has 10 heteroatoms. The minimum atomic E-state index is -1.18. The minimum Gasteiger partial charge on any atom is -0.493 e. The van der Waals surface area contributed by atoms with Crippen molar-refractivity contribution in [2.24, 2.45) is 0 Å². The number of aryl methyl sites for hydroxylation is 2. The molecule has 2 heterocycles. The first-order valence-electron chi connectivity index (χ1n) is 11.4. The molecule has 2 N–H and O–H groups in total. The van der Waals surface area contributed by atoms with Crippen LogP contribution >= 0.6 is 11.6 Å². The number of carboxylic acid groups (broad SMARTS) is 1. The Morgan fingerprint density at radius 2 is 1.92 bits per heavy atom. The van der Waals surface area contributed by atoms with Crippen molar-refractivity contribution in [1.29, 1.82) is 0 Å². The number of nitrogens with one attached hydrogen (secondary N) is 1. The first-order chi connectivity index (χ1) is 17.2. The molecule has 36 heavy (non-hydrogen) atoms. The van der Waals surface area contributed by atoms with Crippen LogP contribution in [0.25, 0.3) is 22.2 Å². The molecule has 0 amide bonds. The van der Waals surface area contributed by atoms with Crippen LogP contribution in [0.4, 0.5) is 14.6 Å². The number of carbonyl (C=O) groups is 1. The summed E-state index contributed by atoms with van der Waals surface area (Å²) in [5, 5.41) is 13.3. The Morgan fingerprint density at radius 1 is 1.14 bits per heavy atom. The molecule has 0 atom stereocenters. The quantitative estimate of drug-likeness (QED) is 0.274. The van der Waals surface area contributed by atoms with E-state index in [9.17, 15) is 18.7 Å². The maximum Gasteiger partial charge on any atom is 0.341 e. The number of hydrogen-bond donors (Lipinski definition) is 2. The molecule has 0 saturated heterocycles. The Bertz CT molecular complexity index is 1460. The summed E-state index contributed by atoms with van der Waals surface area (Å²) in [5.41, 5.74) is 2.59. The highest BCUT2D eigenvalue weighted by Gasteiger charge is 2.19. The first-order valence-corrected chi connectivity index (χ1v) is 11.8. The van der Waals surface area contributed by atoms with Gasteiger partial charge in [-0.3, -0.25) is 0 Å². The summed E-state index contributed by atoms with van der Waals surface area (Å²) in [7, 11) is 0. The number of nitrogens with zero attached hydrogens (tertiary/aromatic N) is 3. The van der Waals surface area contributed by atoms with Crippen LogP contribution in [-0.4, -0.2) is 38.8 Å². The standard InChI is InChI=1S/C26H25ClF2N4O3/c1-4-7-36-22-10-16(9-18(27)24(22)26(34)35)21-12-23(32-13-31-21)30-5-6-33-14(2)8-17-15(3)19(28)11-20(29)25(17)33/h8-13H,4-7H2,1-3H3,(H,34,35)(H,30,31,32). The Labute approximate surface area is 211 Å². The second kappa shape index (κ2) is 10.5. The van der Waals surface area contributed by atoms with Gasteiger partial charge >= 0.3 is 5.97 Å². The molecule has 2 aromatic carbocycles. The highest BCUT2D eigenvalue weighted by molar-refractivity contribution is 6.34. The Balaban J connectivity index is 1.56. The molecule has 0 aliphatic rings. The van der Waals surface area contributed by atoms with Crippen LogP contribution in [0.5, 0.6) is 5.75 Å². The lowest BCUT2D eigenvalue weighted by molar-refractivity contribution is 0.0692. The summed E-state index contributed by atoms with van der Waals surface area (Å²) in [4.78, 5) is 20.2. The number of benzene rings is 2. The normalized spacial score (nSPS) is 11.2. The number of anilines is 1. The topological polar surface area (TPSA) is 89.3 Å². The molecule has 0 unspecified atom stereocenters. The van der Waals surface area contributed by atoms with Crippen molar-refractivity contribution in [2.45, 2.75) is 33.7 Å². The summed E-state index contributed by atoms with van der Waals surface area (Å²) in [6.07, 6.45) is 2.09. The van der Waals surface area contributed by atoms with Crippen molar-refractivity contribution in [3.8, 4) is 17.0 Å². The van der Waals surface area contributed by atoms with Gasteiger partial charge in [-0.1, -0.05) is 18.5 Å². The number of halogens is 3. The lowest BCUT2D eigenvalue weighted by atomic mass is 10.1. The van der Waals surface area contributed by atoms with Gasteiger partial charge in [-0.25, -0.2) is 23.5 Å². The average molecular weight is 515 g/mol. The van der Waals surface area contributed by atoms with Crippen molar-refractivity contribution in [3.05, 3.63) is 70.1 Å². The van der Waals surface area contributed by atoms with Gasteiger partial charge < -0.3 is 19.7 Å². The second-order valence-electron chi connectivity index (χ2n) is 8.36. The van der Waals surface area contributed by atoms with Crippen LogP contribution < -0.4 is 10.1 Å². The summed E-state index contributed by atoms with van der Waals surface area (Å²) < 4.78 is 35.9. The fraction of sp³-hybridized carbons (Fsp3) is 0.269. The monoisotopic (exact) mass is 514 g/mol. The first kappa shape index (κ1) is 25.4. The fourth-order valence-electron chi connectivity index (χ4n) is 4.10. The van der Waals surface area contributed by atoms with Gasteiger partial charge in [0.15, 0.2) is 0 Å². The molecule has 0 saturated carbocycles. The fourth-order valence-corrected chi connectivity index (χ4v) is 4.39. The van der Waals surface area contributed by atoms with Crippen molar-refractivity contribution in [2.75, 3.05) is 18.5 Å². The molecule has 0 bridgehead atoms. The molecule has 4 aromatic rings. The van der Waals surface area contributed by atoms with E-state index in [0.717, 1.165) is 11.8 Å². The molecular weight excluding hydrogens is 490 g/mol. The Hall–Kier alpha value is -3.72. The van der Waals surface area contributed by atoms with E-state index in [2.05, 4.69) is 15.3 Å². The maximum absolute atomic E-state index is 14.6. The van der Waals surface area contributed by atoms with E-state index in [-0.39, 0.29) is 16.3 Å². The second-order valence-corrected chi connectivity index (χ2v) is 8.77. The van der Waals surface area contributed by atoms with E-state index in [1.54, 1.807) is 29.7 Å². The zero-order valence-electron chi connectivity index (χ0n) is 20.0. The maximum atomic E-state index is 14.6. The third-order valence-corrected chi connectivity index (χ3v) is 6.18. The van der Waals surface area contributed by atoms with E-state index < -0.39 is 17.6 Å². The van der Waals surface area contributed by atoms with Crippen LogP contribution in [0.3, 0.4) is 0 Å². The average Bonchev–Trinajstić information content (AvgIpc) is 3.17.